The molecule has 1 saturated heterocycles. The summed E-state index contributed by atoms with van der Waals surface area (Å²) < 4.78 is 18.7. The molecule has 11 heteroatoms. The van der Waals surface area contributed by atoms with Gasteiger partial charge in [-0.25, -0.2) is 19.9 Å². The third kappa shape index (κ3) is 5.17. The van der Waals surface area contributed by atoms with E-state index in [4.69, 9.17) is 19.0 Å². The number of ether oxygens (including phenoxy) is 1. The molecule has 1 unspecified atom stereocenters. The summed E-state index contributed by atoms with van der Waals surface area (Å²) in [5, 5.41) is 8.45. The minimum absolute atomic E-state index is 0.00686. The van der Waals surface area contributed by atoms with Gasteiger partial charge in [0.05, 0.1) is 44.5 Å². The predicted octanol–water partition coefficient (Wildman–Crippen LogP) is 2.18. The Morgan fingerprint density at radius 2 is 2.30 bits per heavy atom. The van der Waals surface area contributed by atoms with E-state index in [1.165, 1.54) is 6.33 Å². The molecule has 0 N–H and O–H groups in total. The van der Waals surface area contributed by atoms with Gasteiger partial charge >= 0.3 is 0 Å². The van der Waals surface area contributed by atoms with Crippen LogP contribution in [0.5, 0.6) is 0 Å². The molecular weight excluding hydrogens is 369 g/mol. The number of hydrogen-bond acceptors (Lipinski definition) is 8. The molecule has 1 aliphatic heterocycles. The highest BCUT2D eigenvalue weighted by Crippen LogP contribution is 2.32. The van der Waals surface area contributed by atoms with E-state index in [0.717, 1.165) is 12.8 Å². The van der Waals surface area contributed by atoms with Gasteiger partial charge in [0.25, 0.3) is 0 Å². The molecule has 0 aliphatic carbocycles. The van der Waals surface area contributed by atoms with Gasteiger partial charge in [0, 0.05) is 14.1 Å². The third-order valence-corrected chi connectivity index (χ3v) is 4.46. The zero-order valence-electron chi connectivity index (χ0n) is 15.3. The van der Waals surface area contributed by atoms with Crippen molar-refractivity contribution in [2.45, 2.75) is 31.6 Å². The molecule has 2 aromatic rings. The van der Waals surface area contributed by atoms with Crippen LogP contribution < -0.4 is 0 Å². The van der Waals surface area contributed by atoms with Crippen LogP contribution in [0.1, 0.15) is 25.5 Å². The van der Waals surface area contributed by atoms with Crippen molar-refractivity contribution in [2.75, 3.05) is 27.3 Å². The van der Waals surface area contributed by atoms with E-state index in [1.54, 1.807) is 12.7 Å². The molecule has 144 valence electrons. The zero-order valence-corrected chi connectivity index (χ0v) is 16.3. The topological polar surface area (TPSA) is 111 Å². The van der Waals surface area contributed by atoms with Gasteiger partial charge in [-0.3, -0.25) is 4.57 Å². The summed E-state index contributed by atoms with van der Waals surface area (Å²) in [5.41, 5.74) is 1.34. The van der Waals surface area contributed by atoms with Crippen LogP contribution in [-0.2, 0) is 13.8 Å². The van der Waals surface area contributed by atoms with Crippen molar-refractivity contribution in [2.24, 2.45) is 4.99 Å². The molecule has 3 atom stereocenters. The second kappa shape index (κ2) is 9.67. The van der Waals surface area contributed by atoms with E-state index >= 15 is 0 Å². The van der Waals surface area contributed by atoms with E-state index < -0.39 is 0 Å². The molecule has 10 nitrogen and oxygen atoms in total. The molecule has 3 rings (SSSR count). The fraction of sp³-hybridized carbons (Fsp3) is 0.562. The summed E-state index contributed by atoms with van der Waals surface area (Å²) in [5.74, 6) is 0.529. The first-order valence-electron chi connectivity index (χ1n) is 8.58. The van der Waals surface area contributed by atoms with Gasteiger partial charge in [-0.15, -0.1) is 0 Å². The molecule has 2 aromatic heterocycles. The van der Waals surface area contributed by atoms with Crippen LogP contribution in [0.3, 0.4) is 0 Å². The first-order valence-corrected chi connectivity index (χ1v) is 9.40. The highest BCUT2D eigenvalue weighted by atomic mass is 31.1. The van der Waals surface area contributed by atoms with Gasteiger partial charge in [0.15, 0.2) is 26.0 Å². The second-order valence-electron chi connectivity index (χ2n) is 6.17. The van der Waals surface area contributed by atoms with Crippen LogP contribution >= 0.6 is 9.03 Å². The summed E-state index contributed by atoms with van der Waals surface area (Å²) in [6, 6.07) is 2.02. The molecule has 0 bridgehead atoms. The molecule has 0 saturated carbocycles. The smallest absolute Gasteiger partial charge is 0.184 e. The summed E-state index contributed by atoms with van der Waals surface area (Å²) in [6.07, 6.45) is 6.82. The second-order valence-corrected chi connectivity index (χ2v) is 6.91. The van der Waals surface area contributed by atoms with Crippen molar-refractivity contribution in [3.63, 3.8) is 0 Å². The van der Waals surface area contributed by atoms with Crippen molar-refractivity contribution in [3.05, 3.63) is 12.7 Å². The lowest BCUT2D eigenvalue weighted by Gasteiger charge is -2.15. The summed E-state index contributed by atoms with van der Waals surface area (Å²) in [7, 11) is 3.71. The molecule has 1 aliphatic rings. The number of imidazole rings is 1. The summed E-state index contributed by atoms with van der Waals surface area (Å²) >= 11 is 0. The van der Waals surface area contributed by atoms with Crippen molar-refractivity contribution < 1.29 is 13.8 Å². The lowest BCUT2D eigenvalue weighted by molar-refractivity contribution is -0.0153. The Morgan fingerprint density at radius 1 is 1.41 bits per heavy atom. The molecule has 0 spiro atoms. The molecule has 0 amide bonds. The number of hydrogen-bond donors (Lipinski definition) is 0. The third-order valence-electron chi connectivity index (χ3n) is 3.85. The van der Waals surface area contributed by atoms with Gasteiger partial charge in [0.2, 0.25) is 0 Å². The number of nitriles is 1. The largest absolute Gasteiger partial charge is 0.369 e. The number of aromatic nitrogens is 4. The highest BCUT2D eigenvalue weighted by Gasteiger charge is 2.28. The summed E-state index contributed by atoms with van der Waals surface area (Å²) in [6.45, 7) is 0.851. The van der Waals surface area contributed by atoms with Crippen LogP contribution in [0, 0.1) is 11.3 Å². The van der Waals surface area contributed by atoms with Crippen molar-refractivity contribution in [1.82, 2.24) is 24.4 Å². The Labute approximate surface area is 159 Å². The number of fused-ring (bicyclic) bond motifs is 1. The standard InChI is InChI=1S/C16H22N7O3P/c1-22(2)10-21-15-14-16(19-9-18-15)23(11-20-14)13-5-4-12(26-13)8-25-27-24-7-3-6-17/h9-13,27H,3-5,7-8H2,1-2H3/t12-,13+/m0/s1. The highest BCUT2D eigenvalue weighted by molar-refractivity contribution is 7.26. The van der Waals surface area contributed by atoms with Gasteiger partial charge in [-0.1, -0.05) is 0 Å². The van der Waals surface area contributed by atoms with Gasteiger partial charge in [0.1, 0.15) is 12.6 Å². The summed E-state index contributed by atoms with van der Waals surface area (Å²) in [4.78, 5) is 19.1. The zero-order chi connectivity index (χ0) is 19.1. The number of rotatable bonds is 9. The monoisotopic (exact) mass is 391 g/mol. The molecule has 0 aromatic carbocycles. The fourth-order valence-corrected chi connectivity index (χ4v) is 3.16. The molecule has 3 heterocycles. The Hall–Kier alpha value is -2.18. The Kier molecular flexibility index (Phi) is 7.01. The van der Waals surface area contributed by atoms with Crippen molar-refractivity contribution in [3.8, 4) is 6.07 Å². The van der Waals surface area contributed by atoms with Gasteiger partial charge in [-0.2, -0.15) is 5.26 Å². The molecule has 1 fully saturated rings. The van der Waals surface area contributed by atoms with E-state index in [9.17, 15) is 0 Å². The van der Waals surface area contributed by atoms with E-state index in [1.807, 2.05) is 29.6 Å². The lowest BCUT2D eigenvalue weighted by Crippen LogP contribution is -2.15. The quantitative estimate of drug-likeness (QED) is 0.277. The van der Waals surface area contributed by atoms with E-state index in [-0.39, 0.29) is 21.4 Å². The average Bonchev–Trinajstić information content (AvgIpc) is 3.29. The first kappa shape index (κ1) is 19.6. The van der Waals surface area contributed by atoms with Crippen LogP contribution in [0.25, 0.3) is 11.2 Å². The average molecular weight is 391 g/mol. The van der Waals surface area contributed by atoms with Crippen LogP contribution in [0.2, 0.25) is 0 Å². The van der Waals surface area contributed by atoms with Gasteiger partial charge < -0.3 is 18.7 Å². The normalized spacial score (nSPS) is 20.2. The first-order chi connectivity index (χ1) is 13.2. The maximum Gasteiger partial charge on any atom is 0.184 e. The van der Waals surface area contributed by atoms with Crippen molar-refractivity contribution >= 4 is 32.4 Å². The minimum atomic E-state index is -0.146. The molecule has 0 radical (unpaired) electrons. The maximum atomic E-state index is 8.45. The number of nitrogens with zero attached hydrogens (tertiary/aromatic N) is 7. The SMILES string of the molecule is CN(C)C=Nc1ncnc2c1ncn2[C@H]1CC[C@@H](COPOCCC#N)O1. The van der Waals surface area contributed by atoms with Crippen molar-refractivity contribution in [1.29, 1.82) is 5.26 Å². The maximum absolute atomic E-state index is 8.45. The van der Waals surface area contributed by atoms with Crippen LogP contribution in [-0.4, -0.2) is 64.2 Å². The van der Waals surface area contributed by atoms with E-state index in [2.05, 4.69) is 19.9 Å². The fourth-order valence-electron chi connectivity index (χ4n) is 2.64. The lowest BCUT2D eigenvalue weighted by atomic mass is 10.2. The Morgan fingerprint density at radius 3 is 3.11 bits per heavy atom. The van der Waals surface area contributed by atoms with Crippen LogP contribution in [0.4, 0.5) is 5.82 Å². The minimum Gasteiger partial charge on any atom is -0.369 e. The van der Waals surface area contributed by atoms with Crippen LogP contribution in [0.15, 0.2) is 17.6 Å². The molecular formula is C16H22N7O3P. The van der Waals surface area contributed by atoms with Gasteiger partial charge in [-0.05, 0) is 12.8 Å². The predicted molar refractivity (Wildman–Crippen MR) is 101 cm³/mol. The molecule has 27 heavy (non-hydrogen) atoms. The Bertz CT molecular complexity index is 820. The Balaban J connectivity index is 1.59. The van der Waals surface area contributed by atoms with E-state index in [0.29, 0.717) is 36.6 Å². The number of aliphatic imine (C=N–C) groups is 1.